The fraction of sp³-hybridized carbons (Fsp3) is 0.192. The monoisotopic (exact) mass is 523 g/mol. The van der Waals surface area contributed by atoms with Crippen LogP contribution in [0.4, 0.5) is 13.2 Å². The average Bonchev–Trinajstić information content (AvgIpc) is 3.29. The molecule has 0 radical (unpaired) electrons. The number of hydrogen-bond donors (Lipinski definition) is 1. The number of aryl methyl sites for hydroxylation is 1. The van der Waals surface area contributed by atoms with Gasteiger partial charge in [-0.25, -0.2) is 9.48 Å². The number of aliphatic carboxylic acids is 1. The van der Waals surface area contributed by atoms with Gasteiger partial charge >= 0.3 is 17.8 Å². The van der Waals surface area contributed by atoms with Crippen LogP contribution in [-0.2, 0) is 24.4 Å². The van der Waals surface area contributed by atoms with Gasteiger partial charge in [0, 0.05) is 19.2 Å². The predicted octanol–water partition coefficient (Wildman–Crippen LogP) is 3.61. The van der Waals surface area contributed by atoms with Crippen LogP contribution in [0.1, 0.15) is 28.8 Å². The summed E-state index contributed by atoms with van der Waals surface area (Å²) in [5, 5.41) is 22.7. The minimum absolute atomic E-state index is 0.00771. The third kappa shape index (κ3) is 4.73. The number of carbonyl (C=O) groups is 1. The van der Waals surface area contributed by atoms with Gasteiger partial charge in [0.05, 0.1) is 46.0 Å². The second-order valence-corrected chi connectivity index (χ2v) is 8.47. The van der Waals surface area contributed by atoms with E-state index >= 15 is 0 Å². The molecule has 0 saturated carbocycles. The summed E-state index contributed by atoms with van der Waals surface area (Å²) in [5.74, 6) is -1.08. The Morgan fingerprint density at radius 2 is 1.79 bits per heavy atom. The van der Waals surface area contributed by atoms with E-state index in [1.807, 2.05) is 6.07 Å². The summed E-state index contributed by atoms with van der Waals surface area (Å²) in [6.45, 7) is 1.43. The SMILES string of the molecule is Cc1c(-c2c(CCC(=O)O)cnn2-c2ccc(C#N)cc2)c(=O)n(C)c(=O)n1-c1cccc(C(F)(F)F)c1. The van der Waals surface area contributed by atoms with Gasteiger partial charge < -0.3 is 5.11 Å². The molecule has 38 heavy (non-hydrogen) atoms. The normalized spacial score (nSPS) is 11.4. The van der Waals surface area contributed by atoms with Gasteiger partial charge in [0.1, 0.15) is 0 Å². The molecule has 0 aliphatic rings. The minimum atomic E-state index is -4.66. The van der Waals surface area contributed by atoms with E-state index in [-0.39, 0.29) is 35.5 Å². The van der Waals surface area contributed by atoms with E-state index in [1.165, 1.54) is 43.0 Å². The molecule has 0 fully saturated rings. The van der Waals surface area contributed by atoms with Crippen LogP contribution in [0, 0.1) is 18.3 Å². The Kier molecular flexibility index (Phi) is 6.78. The lowest BCUT2D eigenvalue weighted by Crippen LogP contribution is -2.40. The maximum absolute atomic E-state index is 13.5. The summed E-state index contributed by atoms with van der Waals surface area (Å²) < 4.78 is 43.4. The van der Waals surface area contributed by atoms with Crippen molar-refractivity contribution in [1.82, 2.24) is 18.9 Å². The molecule has 0 atom stereocenters. The number of nitrogens with zero attached hydrogens (tertiary/aromatic N) is 5. The largest absolute Gasteiger partial charge is 0.481 e. The molecule has 0 saturated heterocycles. The Labute approximate surface area is 213 Å². The zero-order valence-corrected chi connectivity index (χ0v) is 20.2. The Bertz CT molecular complexity index is 1710. The van der Waals surface area contributed by atoms with Gasteiger partial charge in [-0.3, -0.25) is 18.7 Å². The van der Waals surface area contributed by atoms with Crippen molar-refractivity contribution in [2.24, 2.45) is 7.05 Å². The number of nitriles is 1. The molecule has 0 aliphatic carbocycles. The Morgan fingerprint density at radius 3 is 2.39 bits per heavy atom. The quantitative estimate of drug-likeness (QED) is 0.412. The number of alkyl halides is 3. The van der Waals surface area contributed by atoms with Crippen molar-refractivity contribution in [3.63, 3.8) is 0 Å². The molecule has 9 nitrogen and oxygen atoms in total. The van der Waals surface area contributed by atoms with E-state index in [1.54, 1.807) is 12.1 Å². The average molecular weight is 523 g/mol. The highest BCUT2D eigenvalue weighted by atomic mass is 19.4. The van der Waals surface area contributed by atoms with Crippen molar-refractivity contribution >= 4 is 5.97 Å². The van der Waals surface area contributed by atoms with Crippen LogP contribution in [0.3, 0.4) is 0 Å². The molecule has 0 aliphatic heterocycles. The Morgan fingerprint density at radius 1 is 1.11 bits per heavy atom. The first kappa shape index (κ1) is 26.2. The lowest BCUT2D eigenvalue weighted by atomic mass is 10.0. The zero-order valence-electron chi connectivity index (χ0n) is 20.2. The van der Waals surface area contributed by atoms with Gasteiger partial charge in [-0.05, 0) is 61.4 Å². The molecule has 1 N–H and O–H groups in total. The fourth-order valence-electron chi connectivity index (χ4n) is 4.16. The maximum atomic E-state index is 13.5. The van der Waals surface area contributed by atoms with Crippen molar-refractivity contribution in [3.05, 3.63) is 98.0 Å². The van der Waals surface area contributed by atoms with Crippen molar-refractivity contribution in [2.45, 2.75) is 25.9 Å². The van der Waals surface area contributed by atoms with Gasteiger partial charge in [0.2, 0.25) is 0 Å². The van der Waals surface area contributed by atoms with Crippen LogP contribution in [-0.4, -0.2) is 30.0 Å². The summed E-state index contributed by atoms with van der Waals surface area (Å²) in [7, 11) is 1.21. The fourth-order valence-corrected chi connectivity index (χ4v) is 4.16. The predicted molar refractivity (Wildman–Crippen MR) is 130 cm³/mol. The van der Waals surface area contributed by atoms with E-state index in [2.05, 4.69) is 5.10 Å². The van der Waals surface area contributed by atoms with Crippen LogP contribution in [0.15, 0.2) is 64.3 Å². The first-order chi connectivity index (χ1) is 17.9. The maximum Gasteiger partial charge on any atom is 0.416 e. The van der Waals surface area contributed by atoms with Gasteiger partial charge in [-0.1, -0.05) is 6.07 Å². The highest BCUT2D eigenvalue weighted by Gasteiger charge is 2.31. The number of benzene rings is 2. The number of rotatable bonds is 6. The molecule has 4 rings (SSSR count). The Balaban J connectivity index is 2.05. The standard InChI is InChI=1S/C26H20F3N5O4/c1-15-22(24(37)32(2)25(38)33(15)20-5-3-4-18(12-20)26(27,28)29)23-17(8-11-21(35)36)14-31-34(23)19-9-6-16(13-30)7-10-19/h3-7,9-10,12,14H,8,11H2,1-2H3,(H,35,36). The van der Waals surface area contributed by atoms with Gasteiger partial charge in [0.25, 0.3) is 5.56 Å². The van der Waals surface area contributed by atoms with E-state index in [9.17, 15) is 32.7 Å². The van der Waals surface area contributed by atoms with Crippen molar-refractivity contribution < 1.29 is 23.1 Å². The molecule has 2 aromatic heterocycles. The first-order valence-electron chi connectivity index (χ1n) is 11.2. The minimum Gasteiger partial charge on any atom is -0.481 e. The topological polar surface area (TPSA) is 123 Å². The van der Waals surface area contributed by atoms with Crippen molar-refractivity contribution in [3.8, 4) is 28.7 Å². The number of halogens is 3. The molecule has 4 aromatic rings. The first-order valence-corrected chi connectivity index (χ1v) is 11.2. The van der Waals surface area contributed by atoms with Gasteiger partial charge in [0.15, 0.2) is 0 Å². The molecule has 194 valence electrons. The van der Waals surface area contributed by atoms with Crippen LogP contribution >= 0.6 is 0 Å². The second kappa shape index (κ2) is 9.85. The number of hydrogen-bond acceptors (Lipinski definition) is 5. The third-order valence-corrected chi connectivity index (χ3v) is 6.06. The smallest absolute Gasteiger partial charge is 0.416 e. The van der Waals surface area contributed by atoms with Gasteiger partial charge in [-0.15, -0.1) is 0 Å². The number of carboxylic acid groups (broad SMARTS) is 1. The molecular weight excluding hydrogens is 503 g/mol. The van der Waals surface area contributed by atoms with E-state index in [4.69, 9.17) is 5.26 Å². The van der Waals surface area contributed by atoms with Gasteiger partial charge in [-0.2, -0.15) is 23.5 Å². The summed E-state index contributed by atoms with van der Waals surface area (Å²) in [6, 6.07) is 12.4. The van der Waals surface area contributed by atoms with E-state index < -0.39 is 29.0 Å². The van der Waals surface area contributed by atoms with Crippen LogP contribution in [0.5, 0.6) is 0 Å². The van der Waals surface area contributed by atoms with Crippen molar-refractivity contribution in [2.75, 3.05) is 0 Å². The molecule has 0 unspecified atom stereocenters. The lowest BCUT2D eigenvalue weighted by Gasteiger charge is -2.18. The number of carboxylic acids is 1. The molecule has 12 heteroatoms. The zero-order chi connectivity index (χ0) is 27.8. The molecule has 0 bridgehead atoms. The molecule has 0 amide bonds. The summed E-state index contributed by atoms with van der Waals surface area (Å²) in [6.07, 6.45) is -3.55. The Hall–Kier alpha value is -4.92. The molecular formula is C26H20F3N5O4. The number of aromatic nitrogens is 4. The molecule has 2 aromatic carbocycles. The molecule has 2 heterocycles. The highest BCUT2D eigenvalue weighted by Crippen LogP contribution is 2.32. The van der Waals surface area contributed by atoms with E-state index in [0.717, 1.165) is 27.3 Å². The summed E-state index contributed by atoms with van der Waals surface area (Å²) >= 11 is 0. The highest BCUT2D eigenvalue weighted by molar-refractivity contribution is 5.71. The van der Waals surface area contributed by atoms with Crippen LogP contribution in [0.2, 0.25) is 0 Å². The summed E-state index contributed by atoms with van der Waals surface area (Å²) in [4.78, 5) is 37.9. The second-order valence-electron chi connectivity index (χ2n) is 8.47. The van der Waals surface area contributed by atoms with Crippen LogP contribution in [0.25, 0.3) is 22.6 Å². The van der Waals surface area contributed by atoms with E-state index in [0.29, 0.717) is 16.8 Å². The summed E-state index contributed by atoms with van der Waals surface area (Å²) in [5.41, 5.74) is -1.26. The molecule has 0 spiro atoms. The van der Waals surface area contributed by atoms with Crippen molar-refractivity contribution in [1.29, 1.82) is 5.26 Å². The van der Waals surface area contributed by atoms with Crippen LogP contribution < -0.4 is 11.2 Å². The lowest BCUT2D eigenvalue weighted by molar-refractivity contribution is -0.138. The third-order valence-electron chi connectivity index (χ3n) is 6.06.